The lowest BCUT2D eigenvalue weighted by Gasteiger charge is -2.40. The van der Waals surface area contributed by atoms with Crippen LogP contribution in [0, 0.1) is 0 Å². The number of amides is 1. The minimum Gasteiger partial charge on any atom is -0.456 e. The first-order valence-electron chi connectivity index (χ1n) is 7.15. The lowest BCUT2D eigenvalue weighted by Crippen LogP contribution is -2.59. The van der Waals surface area contributed by atoms with Crippen LogP contribution in [-0.4, -0.2) is 65.9 Å². The number of hydrogen-bond donors (Lipinski definition) is 0. The first-order valence-corrected chi connectivity index (χ1v) is 7.15. The van der Waals surface area contributed by atoms with Gasteiger partial charge in [-0.05, 0) is 0 Å². The monoisotopic (exact) mass is 329 g/mol. The molecule has 0 aromatic carbocycles. The molecule has 0 aromatic rings. The Balaban J connectivity index is 2.38. The molecule has 0 aromatic heterocycles. The van der Waals surface area contributed by atoms with E-state index < -0.39 is 48.6 Å². The van der Waals surface area contributed by atoms with Gasteiger partial charge in [-0.3, -0.25) is 19.2 Å². The van der Waals surface area contributed by atoms with Gasteiger partial charge in [-0.2, -0.15) is 0 Å². The molecular weight excluding hydrogens is 310 g/mol. The summed E-state index contributed by atoms with van der Waals surface area (Å²) in [4.78, 5) is 47.3. The summed E-state index contributed by atoms with van der Waals surface area (Å²) in [5, 5.41) is 0. The number of carbonyl (C=O) groups excluding carboxylic acids is 4. The molecule has 9 nitrogen and oxygen atoms in total. The second-order valence-corrected chi connectivity index (χ2v) is 5.46. The Morgan fingerprint density at radius 2 is 1.30 bits per heavy atom. The molecule has 1 amide bonds. The zero-order chi connectivity index (χ0) is 17.3. The van der Waals surface area contributed by atoms with Crippen molar-refractivity contribution < 1.29 is 38.1 Å². The summed E-state index contributed by atoms with van der Waals surface area (Å²) in [7, 11) is 0. The zero-order valence-corrected chi connectivity index (χ0v) is 13.3. The number of carbonyl (C=O) groups is 4. The predicted octanol–water partition coefficient (Wildman–Crippen LogP) is -0.631. The van der Waals surface area contributed by atoms with Gasteiger partial charge in [-0.15, -0.1) is 0 Å². The van der Waals surface area contributed by atoms with E-state index in [1.54, 1.807) is 0 Å². The Hall–Kier alpha value is -2.16. The van der Waals surface area contributed by atoms with Crippen LogP contribution in [0.15, 0.2) is 0 Å². The molecule has 0 N–H and O–H groups in total. The Bertz CT molecular complexity index is 517. The highest BCUT2D eigenvalue weighted by molar-refractivity contribution is 5.74. The molecule has 0 aliphatic carbocycles. The molecule has 128 valence electrons. The van der Waals surface area contributed by atoms with Crippen LogP contribution in [-0.2, 0) is 38.1 Å². The third-order valence-corrected chi connectivity index (χ3v) is 3.60. The molecule has 2 heterocycles. The van der Waals surface area contributed by atoms with E-state index in [-0.39, 0.29) is 12.5 Å². The van der Waals surface area contributed by atoms with Gasteiger partial charge in [0.15, 0.2) is 24.5 Å². The van der Waals surface area contributed by atoms with Crippen LogP contribution in [0.5, 0.6) is 0 Å². The summed E-state index contributed by atoms with van der Waals surface area (Å²) >= 11 is 0. The van der Waals surface area contributed by atoms with Crippen molar-refractivity contribution in [2.45, 2.75) is 58.3 Å². The van der Waals surface area contributed by atoms with Crippen molar-refractivity contribution in [1.29, 1.82) is 0 Å². The van der Waals surface area contributed by atoms with Crippen LogP contribution < -0.4 is 0 Å². The molecular formula is C14H19NO8. The summed E-state index contributed by atoms with van der Waals surface area (Å²) in [6, 6.07) is 0. The van der Waals surface area contributed by atoms with Crippen LogP contribution >= 0.6 is 0 Å². The van der Waals surface area contributed by atoms with Crippen molar-refractivity contribution >= 4 is 23.8 Å². The smallest absolute Gasteiger partial charge is 0.303 e. The standard InChI is InChI=1S/C14H19NO8/c1-6(16)15-5-10-11(20-7(2)17)12(21-8(3)18)13(14(15)23-10)22-9(4)19/h10-14H,5H2,1-4H3/t10-,11+,12-,13+,14-/m0/s1. The molecule has 9 heteroatoms. The maximum absolute atomic E-state index is 11.8. The largest absolute Gasteiger partial charge is 0.456 e. The molecule has 5 atom stereocenters. The molecule has 2 bridgehead atoms. The lowest BCUT2D eigenvalue weighted by atomic mass is 10.00. The van der Waals surface area contributed by atoms with Crippen LogP contribution in [0.25, 0.3) is 0 Å². The minimum atomic E-state index is -1.08. The van der Waals surface area contributed by atoms with Crippen molar-refractivity contribution in [2.75, 3.05) is 6.54 Å². The van der Waals surface area contributed by atoms with Gasteiger partial charge in [0, 0.05) is 27.7 Å². The van der Waals surface area contributed by atoms with Crippen molar-refractivity contribution in [3.8, 4) is 0 Å². The average Bonchev–Trinajstić information content (AvgIpc) is 2.79. The quantitative estimate of drug-likeness (QED) is 0.497. The zero-order valence-electron chi connectivity index (χ0n) is 13.3. The molecule has 2 aliphatic rings. The number of esters is 3. The third-order valence-electron chi connectivity index (χ3n) is 3.60. The van der Waals surface area contributed by atoms with Gasteiger partial charge in [0.2, 0.25) is 5.91 Å². The molecule has 23 heavy (non-hydrogen) atoms. The number of likely N-dealkylation sites (tertiary alicyclic amines) is 1. The SMILES string of the molecule is CC(=O)O[C@@H]1[C@@H](OC(C)=O)[C@@H]2O[C@@H](CN2C(C)=O)[C@H]1OC(C)=O. The van der Waals surface area contributed by atoms with Gasteiger partial charge >= 0.3 is 17.9 Å². The molecule has 0 spiro atoms. The van der Waals surface area contributed by atoms with Crippen molar-refractivity contribution in [1.82, 2.24) is 4.90 Å². The topological polar surface area (TPSA) is 108 Å². The minimum absolute atomic E-state index is 0.146. The van der Waals surface area contributed by atoms with E-state index in [1.165, 1.54) is 32.6 Å². The highest BCUT2D eigenvalue weighted by atomic mass is 16.7. The Morgan fingerprint density at radius 1 is 0.826 bits per heavy atom. The molecule has 2 saturated heterocycles. The van der Waals surface area contributed by atoms with Crippen LogP contribution in [0.1, 0.15) is 27.7 Å². The fourth-order valence-electron chi connectivity index (χ4n) is 2.88. The van der Waals surface area contributed by atoms with Gasteiger partial charge in [-0.25, -0.2) is 0 Å². The number of nitrogens with zero attached hydrogens (tertiary/aromatic N) is 1. The lowest BCUT2D eigenvalue weighted by molar-refractivity contribution is -0.237. The molecule has 0 saturated carbocycles. The predicted molar refractivity (Wildman–Crippen MR) is 72.7 cm³/mol. The summed E-state index contributed by atoms with van der Waals surface area (Å²) in [5.41, 5.74) is 0. The first-order chi connectivity index (χ1) is 10.7. The fourth-order valence-corrected chi connectivity index (χ4v) is 2.88. The maximum atomic E-state index is 11.8. The molecule has 2 rings (SSSR count). The van der Waals surface area contributed by atoms with Crippen LogP contribution in [0.2, 0.25) is 0 Å². The highest BCUT2D eigenvalue weighted by Gasteiger charge is 2.58. The molecule has 0 radical (unpaired) electrons. The summed E-state index contributed by atoms with van der Waals surface area (Å²) in [5.74, 6) is -2.15. The number of rotatable bonds is 3. The first kappa shape index (κ1) is 17.2. The number of ether oxygens (including phenoxy) is 4. The van der Waals surface area contributed by atoms with Gasteiger partial charge in [0.05, 0.1) is 6.54 Å². The van der Waals surface area contributed by atoms with E-state index in [0.29, 0.717) is 0 Å². The molecule has 0 unspecified atom stereocenters. The van der Waals surface area contributed by atoms with E-state index >= 15 is 0 Å². The normalized spacial score (nSPS) is 32.2. The Kier molecular flexibility index (Phi) is 4.88. The van der Waals surface area contributed by atoms with Gasteiger partial charge in [0.1, 0.15) is 6.10 Å². The summed E-state index contributed by atoms with van der Waals surface area (Å²) in [6.07, 6.45) is -4.65. The highest BCUT2D eigenvalue weighted by Crippen LogP contribution is 2.35. The number of fused-ring (bicyclic) bond motifs is 2. The molecule has 2 fully saturated rings. The van der Waals surface area contributed by atoms with E-state index in [4.69, 9.17) is 18.9 Å². The van der Waals surface area contributed by atoms with Gasteiger partial charge in [-0.1, -0.05) is 0 Å². The second kappa shape index (κ2) is 6.53. The Labute approximate surface area is 132 Å². The average molecular weight is 329 g/mol. The van der Waals surface area contributed by atoms with E-state index in [1.807, 2.05) is 0 Å². The Morgan fingerprint density at radius 3 is 1.78 bits per heavy atom. The maximum Gasteiger partial charge on any atom is 0.303 e. The van der Waals surface area contributed by atoms with Gasteiger partial charge < -0.3 is 23.8 Å². The summed E-state index contributed by atoms with van der Waals surface area (Å²) < 4.78 is 21.3. The third kappa shape index (κ3) is 3.61. The summed E-state index contributed by atoms with van der Waals surface area (Å²) in [6.45, 7) is 5.07. The van der Waals surface area contributed by atoms with E-state index in [9.17, 15) is 19.2 Å². The van der Waals surface area contributed by atoms with Crippen molar-refractivity contribution in [3.05, 3.63) is 0 Å². The van der Waals surface area contributed by atoms with Gasteiger partial charge in [0.25, 0.3) is 0 Å². The molecule has 2 aliphatic heterocycles. The van der Waals surface area contributed by atoms with E-state index in [2.05, 4.69) is 0 Å². The van der Waals surface area contributed by atoms with Crippen LogP contribution in [0.3, 0.4) is 0 Å². The fraction of sp³-hybridized carbons (Fsp3) is 0.714. The van der Waals surface area contributed by atoms with Crippen molar-refractivity contribution in [3.63, 3.8) is 0 Å². The van der Waals surface area contributed by atoms with Crippen LogP contribution in [0.4, 0.5) is 0 Å². The van der Waals surface area contributed by atoms with Crippen molar-refractivity contribution in [2.24, 2.45) is 0 Å². The number of hydrogen-bond acceptors (Lipinski definition) is 8. The van der Waals surface area contributed by atoms with E-state index in [0.717, 1.165) is 0 Å². The second-order valence-electron chi connectivity index (χ2n) is 5.46.